The van der Waals surface area contributed by atoms with Gasteiger partial charge in [0.25, 0.3) is 10.1 Å². The van der Waals surface area contributed by atoms with E-state index in [0.717, 1.165) is 25.7 Å². The quantitative estimate of drug-likeness (QED) is 0.503. The highest BCUT2D eigenvalue weighted by Crippen LogP contribution is 2.28. The summed E-state index contributed by atoms with van der Waals surface area (Å²) in [7, 11) is -3.15. The fourth-order valence-corrected chi connectivity index (χ4v) is 2.52. The second kappa shape index (κ2) is 3.75. The van der Waals surface area contributed by atoms with Crippen molar-refractivity contribution in [3.05, 3.63) is 0 Å². The van der Waals surface area contributed by atoms with E-state index in [1.165, 1.54) is 0 Å². The summed E-state index contributed by atoms with van der Waals surface area (Å²) in [6.45, 7) is 3.84. The second-order valence-corrected chi connectivity index (χ2v) is 5.25. The van der Waals surface area contributed by atoms with Gasteiger partial charge in [-0.25, -0.2) is 0 Å². The minimum absolute atomic E-state index is 0.0402. The summed E-state index contributed by atoms with van der Waals surface area (Å²) in [6.07, 6.45) is 4.23. The molecule has 0 N–H and O–H groups in total. The van der Waals surface area contributed by atoms with Gasteiger partial charge < -0.3 is 0 Å². The van der Waals surface area contributed by atoms with E-state index in [0.29, 0.717) is 0 Å². The summed E-state index contributed by atoms with van der Waals surface area (Å²) in [5.74, 6) is 0. The van der Waals surface area contributed by atoms with E-state index in [-0.39, 0.29) is 11.4 Å². The average molecular weight is 192 g/mol. The molecule has 1 aliphatic heterocycles. The molecule has 0 saturated carbocycles. The Hall–Kier alpha value is -0.0900. The lowest BCUT2D eigenvalue weighted by Crippen LogP contribution is -2.47. The fourth-order valence-electron chi connectivity index (χ4n) is 1.35. The van der Waals surface area contributed by atoms with Gasteiger partial charge in [0.15, 0.2) is 0 Å². The predicted octanol–water partition coefficient (Wildman–Crippen LogP) is 1.68. The molecule has 3 nitrogen and oxygen atoms in total. The van der Waals surface area contributed by atoms with Gasteiger partial charge in [0.1, 0.15) is 5.25 Å². The molecule has 0 amide bonds. The van der Waals surface area contributed by atoms with Crippen molar-refractivity contribution >= 4 is 10.1 Å². The summed E-state index contributed by atoms with van der Waals surface area (Å²) in [5.41, 5.74) is 0. The zero-order valence-corrected chi connectivity index (χ0v) is 8.43. The van der Waals surface area contributed by atoms with Crippen molar-refractivity contribution in [3.8, 4) is 0 Å². The van der Waals surface area contributed by atoms with Gasteiger partial charge >= 0.3 is 0 Å². The van der Waals surface area contributed by atoms with Crippen LogP contribution in [0.2, 0.25) is 0 Å². The van der Waals surface area contributed by atoms with Crippen molar-refractivity contribution in [2.24, 2.45) is 0 Å². The summed E-state index contributed by atoms with van der Waals surface area (Å²) < 4.78 is 26.4. The Morgan fingerprint density at radius 3 is 2.42 bits per heavy atom. The van der Waals surface area contributed by atoms with Gasteiger partial charge in [-0.3, -0.25) is 4.18 Å². The highest BCUT2D eigenvalue weighted by atomic mass is 32.2. The van der Waals surface area contributed by atoms with Crippen LogP contribution in [0.4, 0.5) is 0 Å². The molecule has 0 spiro atoms. The van der Waals surface area contributed by atoms with Crippen LogP contribution in [-0.4, -0.2) is 19.8 Å². The molecule has 72 valence electrons. The molecule has 0 aromatic carbocycles. The lowest BCUT2D eigenvalue weighted by atomic mass is 10.1. The van der Waals surface area contributed by atoms with Crippen LogP contribution < -0.4 is 0 Å². The van der Waals surface area contributed by atoms with E-state index in [1.54, 1.807) is 6.92 Å². The molecule has 12 heavy (non-hydrogen) atoms. The van der Waals surface area contributed by atoms with Crippen molar-refractivity contribution in [1.29, 1.82) is 0 Å². The first-order valence-electron chi connectivity index (χ1n) is 4.50. The van der Waals surface area contributed by atoms with Crippen molar-refractivity contribution in [2.75, 3.05) is 0 Å². The zero-order valence-electron chi connectivity index (χ0n) is 7.62. The molecule has 1 fully saturated rings. The first-order chi connectivity index (χ1) is 5.58. The Balaban J connectivity index is 2.22. The standard InChI is InChI=1S/C8H16O3S/c1-3-4-5-6-8-7(2)12(9,10)11-8/h7-8H,3-6H2,1-2H3/t7-,8+/m1/s1. The summed E-state index contributed by atoms with van der Waals surface area (Å²) in [6, 6.07) is 0. The molecule has 1 heterocycles. The molecule has 0 radical (unpaired) electrons. The first-order valence-corrected chi connectivity index (χ1v) is 5.97. The molecule has 1 rings (SSSR count). The zero-order chi connectivity index (χ0) is 9.19. The highest BCUT2D eigenvalue weighted by Gasteiger charge is 2.43. The smallest absolute Gasteiger partial charge is 0.265 e. The van der Waals surface area contributed by atoms with Crippen LogP contribution in [0.5, 0.6) is 0 Å². The van der Waals surface area contributed by atoms with Gasteiger partial charge in [-0.15, -0.1) is 0 Å². The van der Waals surface area contributed by atoms with Crippen LogP contribution in [0, 0.1) is 0 Å². The summed E-state index contributed by atoms with van der Waals surface area (Å²) in [5, 5.41) is -0.283. The molecule has 0 bridgehead atoms. The average Bonchev–Trinajstić information content (AvgIpc) is 2.03. The van der Waals surface area contributed by atoms with Crippen molar-refractivity contribution in [3.63, 3.8) is 0 Å². The van der Waals surface area contributed by atoms with Gasteiger partial charge in [0.2, 0.25) is 0 Å². The third-order valence-corrected chi connectivity index (χ3v) is 4.06. The van der Waals surface area contributed by atoms with Crippen LogP contribution in [-0.2, 0) is 14.3 Å². The fraction of sp³-hybridized carbons (Fsp3) is 1.00. The number of hydrogen-bond donors (Lipinski definition) is 0. The Morgan fingerprint density at radius 1 is 1.33 bits per heavy atom. The minimum Gasteiger partial charge on any atom is -0.265 e. The van der Waals surface area contributed by atoms with Crippen molar-refractivity contribution in [1.82, 2.24) is 0 Å². The van der Waals surface area contributed by atoms with E-state index in [4.69, 9.17) is 4.18 Å². The van der Waals surface area contributed by atoms with E-state index in [2.05, 4.69) is 6.92 Å². The van der Waals surface area contributed by atoms with Gasteiger partial charge in [0, 0.05) is 0 Å². The van der Waals surface area contributed by atoms with Crippen molar-refractivity contribution in [2.45, 2.75) is 50.9 Å². The lowest BCUT2D eigenvalue weighted by molar-refractivity contribution is 0.133. The van der Waals surface area contributed by atoms with Gasteiger partial charge in [-0.1, -0.05) is 26.2 Å². The maximum absolute atomic E-state index is 10.8. The van der Waals surface area contributed by atoms with Crippen LogP contribution in [0.3, 0.4) is 0 Å². The maximum atomic E-state index is 10.8. The number of rotatable bonds is 4. The monoisotopic (exact) mass is 192 g/mol. The molecule has 2 atom stereocenters. The van der Waals surface area contributed by atoms with E-state index >= 15 is 0 Å². The van der Waals surface area contributed by atoms with Gasteiger partial charge in [0.05, 0.1) is 6.10 Å². The SMILES string of the molecule is CCCCC[C@@H]1OS(=O)(=O)[C@@H]1C. The van der Waals surface area contributed by atoms with Crippen LogP contribution in [0.1, 0.15) is 39.5 Å². The Bertz CT molecular complexity index is 233. The molecule has 4 heteroatoms. The molecular formula is C8H16O3S. The third kappa shape index (κ3) is 1.98. The summed E-state index contributed by atoms with van der Waals surface area (Å²) in [4.78, 5) is 0. The largest absolute Gasteiger partial charge is 0.272 e. The third-order valence-electron chi connectivity index (χ3n) is 2.33. The normalized spacial score (nSPS) is 32.8. The van der Waals surface area contributed by atoms with Crippen LogP contribution in [0.15, 0.2) is 0 Å². The predicted molar refractivity (Wildman–Crippen MR) is 47.4 cm³/mol. The Morgan fingerprint density at radius 2 is 2.00 bits per heavy atom. The minimum atomic E-state index is -3.15. The lowest BCUT2D eigenvalue weighted by Gasteiger charge is -2.32. The van der Waals surface area contributed by atoms with Gasteiger partial charge in [-0.05, 0) is 13.3 Å². The molecule has 1 aliphatic rings. The molecule has 0 aromatic heterocycles. The Kier molecular flexibility index (Phi) is 3.12. The maximum Gasteiger partial charge on any atom is 0.272 e. The van der Waals surface area contributed by atoms with Crippen molar-refractivity contribution < 1.29 is 12.6 Å². The van der Waals surface area contributed by atoms with Gasteiger partial charge in [-0.2, -0.15) is 8.42 Å². The molecular weight excluding hydrogens is 176 g/mol. The van der Waals surface area contributed by atoms with Crippen LogP contribution >= 0.6 is 0 Å². The van der Waals surface area contributed by atoms with E-state index in [1.807, 2.05) is 0 Å². The number of hydrogen-bond acceptors (Lipinski definition) is 3. The Labute approximate surface area is 74.2 Å². The first kappa shape index (κ1) is 9.99. The molecule has 0 aliphatic carbocycles. The second-order valence-electron chi connectivity index (χ2n) is 3.33. The molecule has 1 saturated heterocycles. The van der Waals surface area contributed by atoms with E-state index in [9.17, 15) is 8.42 Å². The highest BCUT2D eigenvalue weighted by molar-refractivity contribution is 7.88. The van der Waals surface area contributed by atoms with E-state index < -0.39 is 10.1 Å². The molecule has 0 aromatic rings. The topological polar surface area (TPSA) is 43.4 Å². The molecule has 0 unspecified atom stereocenters. The number of unbranched alkanes of at least 4 members (excludes halogenated alkanes) is 2. The van der Waals surface area contributed by atoms with Crippen LogP contribution in [0.25, 0.3) is 0 Å². The summed E-state index contributed by atoms with van der Waals surface area (Å²) >= 11 is 0.